The Morgan fingerprint density at radius 1 is 0.971 bits per heavy atom. The van der Waals surface area contributed by atoms with E-state index in [1.54, 1.807) is 43.3 Å². The van der Waals surface area contributed by atoms with E-state index in [0.717, 1.165) is 16.7 Å². The van der Waals surface area contributed by atoms with Gasteiger partial charge in [0.25, 0.3) is 10.1 Å². The van der Waals surface area contributed by atoms with Crippen LogP contribution >= 0.6 is 0 Å². The zero-order valence-electron chi connectivity index (χ0n) is 19.0. The molecule has 3 rings (SSSR count). The molecule has 0 bridgehead atoms. The van der Waals surface area contributed by atoms with Gasteiger partial charge >= 0.3 is 0 Å². The predicted octanol–water partition coefficient (Wildman–Crippen LogP) is 3.57. The second-order valence-corrected chi connectivity index (χ2v) is 9.49. The van der Waals surface area contributed by atoms with Crippen molar-refractivity contribution >= 4 is 16.0 Å². The molecule has 0 aromatic heterocycles. The Morgan fingerprint density at radius 3 is 2.29 bits per heavy atom. The Bertz CT molecular complexity index is 1280. The van der Waals surface area contributed by atoms with Crippen LogP contribution in [0.4, 0.5) is 8.78 Å². The topological polar surface area (TPSA) is 105 Å². The summed E-state index contributed by atoms with van der Waals surface area (Å²) in [5.74, 6) is -1.61. The number of hydrogen-bond donors (Lipinski definition) is 3. The summed E-state index contributed by atoms with van der Waals surface area (Å²) >= 11 is 0. The maximum absolute atomic E-state index is 13.7. The molecule has 10 heteroatoms. The minimum absolute atomic E-state index is 0.149. The molecule has 7 nitrogen and oxygen atoms in total. The predicted molar refractivity (Wildman–Crippen MR) is 127 cm³/mol. The average Bonchev–Trinajstić information content (AvgIpc) is 2.80. The number of hydrogen-bond acceptors (Lipinski definition) is 5. The van der Waals surface area contributed by atoms with Crippen molar-refractivity contribution in [2.45, 2.75) is 32.5 Å². The van der Waals surface area contributed by atoms with Crippen LogP contribution in [0, 0.1) is 11.6 Å². The Kier molecular flexibility index (Phi) is 8.91. The minimum atomic E-state index is -4.31. The molecule has 1 atom stereocenters. The molecule has 0 fully saturated rings. The highest BCUT2D eigenvalue weighted by atomic mass is 32.2. The van der Waals surface area contributed by atoms with Crippen LogP contribution in [-0.2, 0) is 34.5 Å². The second kappa shape index (κ2) is 11.9. The zero-order valence-corrected chi connectivity index (χ0v) is 19.8. The lowest BCUT2D eigenvalue weighted by Crippen LogP contribution is -2.43. The Morgan fingerprint density at radius 2 is 1.63 bits per heavy atom. The largest absolute Gasteiger partial charge is 0.489 e. The van der Waals surface area contributed by atoms with E-state index in [0.29, 0.717) is 17.7 Å². The van der Waals surface area contributed by atoms with E-state index in [-0.39, 0.29) is 24.8 Å². The van der Waals surface area contributed by atoms with Gasteiger partial charge in [0.1, 0.15) is 29.9 Å². The van der Waals surface area contributed by atoms with Gasteiger partial charge in [0.15, 0.2) is 0 Å². The van der Waals surface area contributed by atoms with Gasteiger partial charge in [0, 0.05) is 13.0 Å². The van der Waals surface area contributed by atoms with Gasteiger partial charge in [-0.05, 0) is 59.5 Å². The van der Waals surface area contributed by atoms with Crippen molar-refractivity contribution in [3.8, 4) is 5.75 Å². The normalized spacial score (nSPS) is 12.2. The van der Waals surface area contributed by atoms with Crippen LogP contribution in [0.25, 0.3) is 0 Å². The lowest BCUT2D eigenvalue weighted by atomic mass is 10.0. The van der Waals surface area contributed by atoms with E-state index >= 15 is 0 Å². The van der Waals surface area contributed by atoms with Gasteiger partial charge in [-0.2, -0.15) is 8.42 Å². The van der Waals surface area contributed by atoms with Crippen molar-refractivity contribution in [3.05, 3.63) is 101 Å². The summed E-state index contributed by atoms with van der Waals surface area (Å²) in [5, 5.41) is 5.12. The molecule has 0 saturated heterocycles. The third kappa shape index (κ3) is 8.75. The van der Waals surface area contributed by atoms with Crippen LogP contribution in [0.3, 0.4) is 0 Å². The molecule has 0 spiro atoms. The summed E-state index contributed by atoms with van der Waals surface area (Å²) in [6.45, 7) is 1.99. The standard InChI is InChI=1S/C25H26F2N2O5S/c1-17(25(30)29-16-35(31,32)33)28-14-19-8-9-24(34-15-20-5-3-7-23(27)13-20)21(11-19)10-18-4-2-6-22(26)12-18/h2-9,11-13,17,28H,10,14-16H2,1H3,(H,29,30)(H,31,32,33)/t17-/m1/s1. The summed E-state index contributed by atoms with van der Waals surface area (Å²) < 4.78 is 63.5. The molecule has 3 aromatic rings. The lowest BCUT2D eigenvalue weighted by molar-refractivity contribution is -0.122. The highest BCUT2D eigenvalue weighted by molar-refractivity contribution is 7.85. The Balaban J connectivity index is 1.73. The first-order valence-corrected chi connectivity index (χ1v) is 12.4. The minimum Gasteiger partial charge on any atom is -0.489 e. The fraction of sp³-hybridized carbons (Fsp3) is 0.240. The van der Waals surface area contributed by atoms with Gasteiger partial charge in [0.05, 0.1) is 6.04 Å². The summed E-state index contributed by atoms with van der Waals surface area (Å²) in [7, 11) is -4.31. The van der Waals surface area contributed by atoms with Crippen molar-refractivity contribution in [2.24, 2.45) is 0 Å². The van der Waals surface area contributed by atoms with E-state index in [1.807, 2.05) is 6.07 Å². The number of carbonyl (C=O) groups is 1. The SMILES string of the molecule is C[C@@H](NCc1ccc(OCc2cccc(F)c2)c(Cc2cccc(F)c2)c1)C(=O)NCS(=O)(=O)O. The van der Waals surface area contributed by atoms with E-state index in [1.165, 1.54) is 24.3 Å². The molecular weight excluding hydrogens is 478 g/mol. The first kappa shape index (κ1) is 26.3. The average molecular weight is 505 g/mol. The second-order valence-electron chi connectivity index (χ2n) is 8.04. The molecule has 0 aliphatic heterocycles. The maximum atomic E-state index is 13.7. The number of nitrogens with one attached hydrogen (secondary N) is 2. The van der Waals surface area contributed by atoms with Crippen molar-refractivity contribution in [2.75, 3.05) is 5.88 Å². The van der Waals surface area contributed by atoms with Gasteiger partial charge in [-0.3, -0.25) is 9.35 Å². The third-order valence-electron chi connectivity index (χ3n) is 5.13. The van der Waals surface area contributed by atoms with Crippen LogP contribution in [0.2, 0.25) is 0 Å². The number of benzene rings is 3. The monoisotopic (exact) mass is 504 g/mol. The molecule has 0 radical (unpaired) electrons. The summed E-state index contributed by atoms with van der Waals surface area (Å²) in [6.07, 6.45) is 0.383. The molecule has 0 heterocycles. The van der Waals surface area contributed by atoms with E-state index in [2.05, 4.69) is 10.6 Å². The molecule has 0 aliphatic rings. The van der Waals surface area contributed by atoms with E-state index in [9.17, 15) is 22.0 Å². The first-order valence-electron chi connectivity index (χ1n) is 10.8. The number of carbonyl (C=O) groups excluding carboxylic acids is 1. The molecule has 0 unspecified atom stereocenters. The van der Waals surface area contributed by atoms with Crippen molar-refractivity contribution in [1.29, 1.82) is 0 Å². The molecule has 3 N–H and O–H groups in total. The van der Waals surface area contributed by atoms with Crippen molar-refractivity contribution < 1.29 is 31.3 Å². The van der Waals surface area contributed by atoms with E-state index < -0.39 is 27.9 Å². The molecule has 0 saturated carbocycles. The molecule has 0 aliphatic carbocycles. The van der Waals surface area contributed by atoms with Gasteiger partial charge in [-0.1, -0.05) is 36.4 Å². The van der Waals surface area contributed by atoms with Crippen LogP contribution < -0.4 is 15.4 Å². The third-order valence-corrected chi connectivity index (χ3v) is 5.64. The zero-order chi connectivity index (χ0) is 25.4. The summed E-state index contributed by atoms with van der Waals surface area (Å²) in [5.41, 5.74) is 2.99. The first-order chi connectivity index (χ1) is 16.6. The fourth-order valence-corrected chi connectivity index (χ4v) is 3.68. The number of ether oxygens (including phenoxy) is 1. The summed E-state index contributed by atoms with van der Waals surface area (Å²) in [4.78, 5) is 12.0. The quantitative estimate of drug-likeness (QED) is 0.345. The molecule has 186 valence electrons. The van der Waals surface area contributed by atoms with Gasteiger partial charge in [-0.15, -0.1) is 0 Å². The number of rotatable bonds is 11. The van der Waals surface area contributed by atoms with Crippen LogP contribution in [0.5, 0.6) is 5.75 Å². The lowest BCUT2D eigenvalue weighted by Gasteiger charge is -2.16. The van der Waals surface area contributed by atoms with Gasteiger partial charge in [0.2, 0.25) is 5.91 Å². The van der Waals surface area contributed by atoms with Crippen molar-refractivity contribution in [3.63, 3.8) is 0 Å². The number of halogens is 2. The van der Waals surface area contributed by atoms with Crippen LogP contribution in [0.15, 0.2) is 66.7 Å². The van der Waals surface area contributed by atoms with E-state index in [4.69, 9.17) is 9.29 Å². The maximum Gasteiger partial charge on any atom is 0.283 e. The van der Waals surface area contributed by atoms with Gasteiger partial charge in [-0.25, -0.2) is 8.78 Å². The number of amides is 1. The Hall–Kier alpha value is -3.34. The van der Waals surface area contributed by atoms with Crippen molar-refractivity contribution in [1.82, 2.24) is 10.6 Å². The highest BCUT2D eigenvalue weighted by Gasteiger charge is 2.15. The van der Waals surface area contributed by atoms with Crippen LogP contribution in [-0.4, -0.2) is 30.8 Å². The smallest absolute Gasteiger partial charge is 0.283 e. The molecule has 1 amide bonds. The summed E-state index contributed by atoms with van der Waals surface area (Å²) in [6, 6.07) is 17.0. The van der Waals surface area contributed by atoms with Gasteiger partial charge < -0.3 is 15.4 Å². The molecule has 35 heavy (non-hydrogen) atoms. The highest BCUT2D eigenvalue weighted by Crippen LogP contribution is 2.25. The molecular formula is C25H26F2N2O5S. The fourth-order valence-electron chi connectivity index (χ4n) is 3.36. The molecule has 3 aromatic carbocycles. The van der Waals surface area contributed by atoms with Crippen LogP contribution in [0.1, 0.15) is 29.2 Å². The Labute approximate surface area is 202 Å².